The third-order valence-corrected chi connectivity index (χ3v) is 6.24. The summed E-state index contributed by atoms with van der Waals surface area (Å²) in [6.07, 6.45) is 1.21. The Morgan fingerprint density at radius 1 is 0.969 bits per heavy atom. The van der Waals surface area contributed by atoms with Gasteiger partial charge in [0.25, 0.3) is 5.91 Å². The second-order valence-electron chi connectivity index (χ2n) is 7.38. The lowest BCUT2D eigenvalue weighted by Crippen LogP contribution is -2.51. The predicted octanol–water partition coefficient (Wildman–Crippen LogP) is 6.40. The van der Waals surface area contributed by atoms with Gasteiger partial charge in [-0.3, -0.25) is 9.59 Å². The van der Waals surface area contributed by atoms with Gasteiger partial charge >= 0.3 is 0 Å². The molecule has 32 heavy (non-hydrogen) atoms. The Balaban J connectivity index is 2.26. The van der Waals surface area contributed by atoms with E-state index < -0.39 is 6.04 Å². The molecule has 0 spiro atoms. The van der Waals surface area contributed by atoms with Crippen molar-refractivity contribution in [3.63, 3.8) is 0 Å². The first-order valence-corrected chi connectivity index (χ1v) is 11.8. The Labute approximate surface area is 208 Å². The summed E-state index contributed by atoms with van der Waals surface area (Å²) in [5.41, 5.74) is 0.743. The molecular weight excluding hydrogens is 494 g/mol. The second kappa shape index (κ2) is 12.5. The van der Waals surface area contributed by atoms with Crippen LogP contribution in [-0.4, -0.2) is 35.4 Å². The van der Waals surface area contributed by atoms with Gasteiger partial charge in [-0.25, -0.2) is 0 Å². The number of carbonyl (C=O) groups excluding carboxylic acids is 2. The molecule has 2 atom stereocenters. The van der Waals surface area contributed by atoms with Crippen LogP contribution in [0.1, 0.15) is 39.2 Å². The van der Waals surface area contributed by atoms with E-state index in [0.717, 1.165) is 12.0 Å². The molecular formula is C23H26Cl4N2O3. The average Bonchev–Trinajstić information content (AvgIpc) is 2.75. The maximum Gasteiger partial charge on any atom is 0.261 e. The minimum atomic E-state index is -0.685. The molecule has 0 aliphatic carbocycles. The van der Waals surface area contributed by atoms with E-state index in [2.05, 4.69) is 5.32 Å². The molecule has 2 aromatic carbocycles. The summed E-state index contributed by atoms with van der Waals surface area (Å²) in [5, 5.41) is 4.50. The Hall–Kier alpha value is -1.66. The molecule has 0 saturated heterocycles. The summed E-state index contributed by atoms with van der Waals surface area (Å²) in [5.74, 6) is -0.260. The van der Waals surface area contributed by atoms with Gasteiger partial charge in [-0.1, -0.05) is 66.3 Å². The fourth-order valence-corrected chi connectivity index (χ4v) is 3.79. The van der Waals surface area contributed by atoms with Gasteiger partial charge < -0.3 is 15.0 Å². The molecule has 0 fully saturated rings. The number of hydrogen-bond acceptors (Lipinski definition) is 3. The van der Waals surface area contributed by atoms with E-state index >= 15 is 0 Å². The van der Waals surface area contributed by atoms with E-state index in [0.29, 0.717) is 32.3 Å². The number of amides is 2. The van der Waals surface area contributed by atoms with Crippen molar-refractivity contribution in [3.8, 4) is 5.75 Å². The van der Waals surface area contributed by atoms with Crippen LogP contribution in [0.15, 0.2) is 36.4 Å². The highest BCUT2D eigenvalue weighted by Crippen LogP contribution is 2.28. The molecule has 1 N–H and O–H groups in total. The van der Waals surface area contributed by atoms with Crippen molar-refractivity contribution in [2.45, 2.75) is 52.2 Å². The van der Waals surface area contributed by atoms with Crippen LogP contribution in [0.4, 0.5) is 0 Å². The molecule has 0 unspecified atom stereocenters. The zero-order valence-corrected chi connectivity index (χ0v) is 21.2. The number of benzene rings is 2. The van der Waals surface area contributed by atoms with Gasteiger partial charge in [0, 0.05) is 17.6 Å². The first kappa shape index (κ1) is 26.6. The molecule has 5 nitrogen and oxygen atoms in total. The molecule has 2 rings (SSSR count). The monoisotopic (exact) mass is 518 g/mol. The summed E-state index contributed by atoms with van der Waals surface area (Å²) in [7, 11) is 0. The fourth-order valence-electron chi connectivity index (χ4n) is 3.01. The molecule has 0 aromatic heterocycles. The van der Waals surface area contributed by atoms with Crippen LogP contribution >= 0.6 is 46.4 Å². The maximum absolute atomic E-state index is 13.2. The largest absolute Gasteiger partial charge is 0.482 e. The predicted molar refractivity (Wildman–Crippen MR) is 131 cm³/mol. The van der Waals surface area contributed by atoms with Crippen LogP contribution < -0.4 is 10.1 Å². The molecule has 0 aliphatic rings. The molecule has 9 heteroatoms. The van der Waals surface area contributed by atoms with Gasteiger partial charge in [0.1, 0.15) is 11.8 Å². The first-order valence-electron chi connectivity index (χ1n) is 10.3. The van der Waals surface area contributed by atoms with Crippen LogP contribution in [0.3, 0.4) is 0 Å². The summed E-state index contributed by atoms with van der Waals surface area (Å²) < 4.78 is 5.63. The van der Waals surface area contributed by atoms with Crippen LogP contribution in [0.5, 0.6) is 5.75 Å². The molecule has 174 valence electrons. The molecule has 0 radical (unpaired) electrons. The average molecular weight is 520 g/mol. The van der Waals surface area contributed by atoms with Gasteiger partial charge in [0.05, 0.1) is 15.1 Å². The van der Waals surface area contributed by atoms with Crippen LogP contribution in [-0.2, 0) is 16.1 Å². The standard InChI is InChI=1S/C23H26Cl4N2O3/c1-4-14(3)28-23(31)20(5-2)29(12-15-6-8-17(25)18(26)10-15)22(30)13-32-21-9-7-16(24)11-19(21)27/h6-11,14,20H,4-5,12-13H2,1-3H3,(H,28,31)/t14-,20+/m1/s1. The van der Waals surface area contributed by atoms with Crippen molar-refractivity contribution in [3.05, 3.63) is 62.1 Å². The highest BCUT2D eigenvalue weighted by atomic mass is 35.5. The van der Waals surface area contributed by atoms with Crippen LogP contribution in [0.2, 0.25) is 20.1 Å². The number of nitrogens with zero attached hydrogens (tertiary/aromatic N) is 1. The number of hydrogen-bond donors (Lipinski definition) is 1. The van der Waals surface area contributed by atoms with Crippen molar-refractivity contribution in [1.82, 2.24) is 10.2 Å². The molecule has 0 saturated carbocycles. The molecule has 2 aromatic rings. The number of nitrogens with one attached hydrogen (secondary N) is 1. The normalized spacial score (nSPS) is 12.7. The minimum Gasteiger partial charge on any atom is -0.482 e. The topological polar surface area (TPSA) is 58.6 Å². The van der Waals surface area contributed by atoms with Crippen molar-refractivity contribution < 1.29 is 14.3 Å². The van der Waals surface area contributed by atoms with Gasteiger partial charge in [-0.15, -0.1) is 0 Å². The summed E-state index contributed by atoms with van der Waals surface area (Å²) in [6.45, 7) is 5.62. The second-order valence-corrected chi connectivity index (χ2v) is 9.03. The zero-order chi connectivity index (χ0) is 23.8. The van der Waals surface area contributed by atoms with E-state index in [1.165, 1.54) is 11.0 Å². The van der Waals surface area contributed by atoms with Gasteiger partial charge in [-0.2, -0.15) is 0 Å². The lowest BCUT2D eigenvalue weighted by Gasteiger charge is -2.31. The summed E-state index contributed by atoms with van der Waals surface area (Å²) in [6, 6.07) is 9.16. The number of carbonyl (C=O) groups is 2. The Kier molecular flexibility index (Phi) is 10.4. The Bertz CT molecular complexity index is 955. The molecule has 0 aliphatic heterocycles. The molecule has 2 amide bonds. The van der Waals surface area contributed by atoms with Crippen LogP contribution in [0, 0.1) is 0 Å². The number of ether oxygens (including phenoxy) is 1. The summed E-state index contributed by atoms with van der Waals surface area (Å²) in [4.78, 5) is 27.6. The Morgan fingerprint density at radius 2 is 1.69 bits per heavy atom. The number of rotatable bonds is 10. The van der Waals surface area contributed by atoms with E-state index in [1.54, 1.807) is 30.3 Å². The maximum atomic E-state index is 13.2. The van der Waals surface area contributed by atoms with Gasteiger partial charge in [0.2, 0.25) is 5.91 Å². The smallest absolute Gasteiger partial charge is 0.261 e. The minimum absolute atomic E-state index is 0.0115. The fraction of sp³-hybridized carbons (Fsp3) is 0.391. The van der Waals surface area contributed by atoms with Gasteiger partial charge in [0.15, 0.2) is 6.61 Å². The summed E-state index contributed by atoms with van der Waals surface area (Å²) >= 11 is 24.2. The first-order chi connectivity index (χ1) is 15.2. The van der Waals surface area contributed by atoms with Crippen molar-refractivity contribution in [2.75, 3.05) is 6.61 Å². The van der Waals surface area contributed by atoms with E-state index in [4.69, 9.17) is 51.1 Å². The van der Waals surface area contributed by atoms with E-state index in [9.17, 15) is 9.59 Å². The SMILES string of the molecule is CC[C@@H](C)NC(=O)[C@H](CC)N(Cc1ccc(Cl)c(Cl)c1)C(=O)COc1ccc(Cl)cc1Cl. The quantitative estimate of drug-likeness (QED) is 0.395. The Morgan fingerprint density at radius 3 is 2.28 bits per heavy atom. The lowest BCUT2D eigenvalue weighted by molar-refractivity contribution is -0.143. The lowest BCUT2D eigenvalue weighted by atomic mass is 10.1. The van der Waals surface area contributed by atoms with E-state index in [1.807, 2.05) is 20.8 Å². The van der Waals surface area contributed by atoms with E-state index in [-0.39, 0.29) is 31.0 Å². The number of halogens is 4. The molecule has 0 heterocycles. The third-order valence-electron chi connectivity index (χ3n) is 4.97. The third kappa shape index (κ3) is 7.45. The molecule has 0 bridgehead atoms. The van der Waals surface area contributed by atoms with Crippen molar-refractivity contribution >= 4 is 58.2 Å². The highest BCUT2D eigenvalue weighted by molar-refractivity contribution is 6.42. The van der Waals surface area contributed by atoms with Crippen molar-refractivity contribution in [1.29, 1.82) is 0 Å². The zero-order valence-electron chi connectivity index (χ0n) is 18.1. The van der Waals surface area contributed by atoms with Gasteiger partial charge in [-0.05, 0) is 55.7 Å². The highest BCUT2D eigenvalue weighted by Gasteiger charge is 2.29. The van der Waals surface area contributed by atoms with Crippen LogP contribution in [0.25, 0.3) is 0 Å². The van der Waals surface area contributed by atoms with Crippen molar-refractivity contribution in [2.24, 2.45) is 0 Å².